The molecule has 0 fully saturated rings. The summed E-state index contributed by atoms with van der Waals surface area (Å²) in [6.45, 7) is 1.85. The molecule has 0 unspecified atom stereocenters. The van der Waals surface area contributed by atoms with Gasteiger partial charge in [-0.1, -0.05) is 0 Å². The number of imidazole rings is 1. The van der Waals surface area contributed by atoms with Gasteiger partial charge in [0.15, 0.2) is 5.65 Å². The maximum absolute atomic E-state index is 11.4. The van der Waals surface area contributed by atoms with Crippen molar-refractivity contribution in [1.29, 1.82) is 0 Å². The van der Waals surface area contributed by atoms with Crippen molar-refractivity contribution in [1.82, 2.24) is 9.38 Å². The molecule has 0 aliphatic carbocycles. The van der Waals surface area contributed by atoms with Gasteiger partial charge in [0.05, 0.1) is 10.7 Å². The molecular formula is C10H7BrN2O3. The number of nitrogens with zero attached hydrogens (tertiary/aromatic N) is 2. The highest BCUT2D eigenvalue weighted by atomic mass is 79.9. The van der Waals surface area contributed by atoms with Crippen LogP contribution < -0.4 is 0 Å². The maximum atomic E-state index is 11.4. The van der Waals surface area contributed by atoms with Crippen molar-refractivity contribution in [3.8, 4) is 0 Å². The molecule has 2 heterocycles. The van der Waals surface area contributed by atoms with Crippen LogP contribution in [0.4, 0.5) is 0 Å². The lowest BCUT2D eigenvalue weighted by Gasteiger charge is -2.01. The standard InChI is InChI=1S/C10H7BrN2O3/c1-5-2-6(11)9-12-3-7(13(9)4-5)8(14)10(15)16/h2-4H,1H3,(H,15,16). The third-order valence-electron chi connectivity index (χ3n) is 2.12. The lowest BCUT2D eigenvalue weighted by Crippen LogP contribution is -2.14. The van der Waals surface area contributed by atoms with Gasteiger partial charge >= 0.3 is 5.97 Å². The topological polar surface area (TPSA) is 71.7 Å². The smallest absolute Gasteiger partial charge is 0.378 e. The average Bonchev–Trinajstić information content (AvgIpc) is 2.60. The molecule has 0 spiro atoms. The molecule has 2 rings (SSSR count). The van der Waals surface area contributed by atoms with Crippen LogP contribution in [-0.2, 0) is 4.79 Å². The fourth-order valence-electron chi connectivity index (χ4n) is 1.45. The van der Waals surface area contributed by atoms with E-state index in [1.54, 1.807) is 6.20 Å². The zero-order chi connectivity index (χ0) is 11.9. The molecule has 6 heteroatoms. The molecule has 0 bridgehead atoms. The van der Waals surface area contributed by atoms with Gasteiger partial charge in [0.2, 0.25) is 0 Å². The van der Waals surface area contributed by atoms with Crippen molar-refractivity contribution >= 4 is 33.3 Å². The number of hydrogen-bond acceptors (Lipinski definition) is 3. The molecule has 2 aromatic heterocycles. The molecule has 0 amide bonds. The second-order valence-electron chi connectivity index (χ2n) is 3.34. The molecule has 0 aliphatic rings. The van der Waals surface area contributed by atoms with E-state index in [4.69, 9.17) is 5.11 Å². The quantitative estimate of drug-likeness (QED) is 0.672. The van der Waals surface area contributed by atoms with Crippen LogP contribution in [-0.4, -0.2) is 26.2 Å². The fraction of sp³-hybridized carbons (Fsp3) is 0.100. The van der Waals surface area contributed by atoms with Crippen molar-refractivity contribution in [2.45, 2.75) is 6.92 Å². The molecule has 0 aliphatic heterocycles. The molecule has 5 nitrogen and oxygen atoms in total. The van der Waals surface area contributed by atoms with E-state index in [9.17, 15) is 9.59 Å². The van der Waals surface area contributed by atoms with Gasteiger partial charge in [-0.2, -0.15) is 0 Å². The van der Waals surface area contributed by atoms with Crippen LogP contribution in [0.1, 0.15) is 16.1 Å². The van der Waals surface area contributed by atoms with Crippen LogP contribution in [0.15, 0.2) is 22.9 Å². The van der Waals surface area contributed by atoms with E-state index in [-0.39, 0.29) is 5.69 Å². The van der Waals surface area contributed by atoms with Crippen molar-refractivity contribution in [3.05, 3.63) is 34.2 Å². The van der Waals surface area contributed by atoms with Gasteiger partial charge in [-0.15, -0.1) is 0 Å². The van der Waals surface area contributed by atoms with Gasteiger partial charge in [0.25, 0.3) is 5.78 Å². The Morgan fingerprint density at radius 3 is 2.81 bits per heavy atom. The maximum Gasteiger partial charge on any atom is 0.378 e. The predicted octanol–water partition coefficient (Wildman–Crippen LogP) is 1.67. The van der Waals surface area contributed by atoms with E-state index < -0.39 is 11.8 Å². The number of aromatic nitrogens is 2. The highest BCUT2D eigenvalue weighted by Crippen LogP contribution is 2.20. The largest absolute Gasteiger partial charge is 0.475 e. The summed E-state index contributed by atoms with van der Waals surface area (Å²) in [7, 11) is 0. The molecular weight excluding hydrogens is 276 g/mol. The van der Waals surface area contributed by atoms with Crippen molar-refractivity contribution < 1.29 is 14.7 Å². The second kappa shape index (κ2) is 3.71. The Bertz CT molecular complexity index is 603. The van der Waals surface area contributed by atoms with Crippen LogP contribution in [0.2, 0.25) is 0 Å². The number of carboxylic acid groups (broad SMARTS) is 1. The SMILES string of the molecule is Cc1cc(Br)c2ncc(C(=O)C(=O)O)n2c1. The number of carbonyl (C=O) groups is 2. The summed E-state index contributed by atoms with van der Waals surface area (Å²) in [5.41, 5.74) is 1.47. The predicted molar refractivity (Wildman–Crippen MR) is 59.6 cm³/mol. The summed E-state index contributed by atoms with van der Waals surface area (Å²) in [6, 6.07) is 1.84. The number of aryl methyl sites for hydroxylation is 1. The van der Waals surface area contributed by atoms with E-state index in [1.165, 1.54) is 10.6 Å². The number of carboxylic acids is 1. The Balaban J connectivity index is 2.74. The Hall–Kier alpha value is -1.69. The summed E-state index contributed by atoms with van der Waals surface area (Å²) in [5.74, 6) is -2.45. The van der Waals surface area contributed by atoms with E-state index in [0.717, 1.165) is 10.0 Å². The summed E-state index contributed by atoms with van der Waals surface area (Å²) < 4.78 is 2.19. The molecule has 0 atom stereocenters. The first-order chi connectivity index (χ1) is 7.50. The highest BCUT2D eigenvalue weighted by molar-refractivity contribution is 9.10. The molecule has 0 aromatic carbocycles. The van der Waals surface area contributed by atoms with E-state index in [2.05, 4.69) is 20.9 Å². The Morgan fingerprint density at radius 1 is 1.50 bits per heavy atom. The number of halogens is 1. The van der Waals surface area contributed by atoms with E-state index >= 15 is 0 Å². The van der Waals surface area contributed by atoms with Gasteiger partial charge in [-0.05, 0) is 34.5 Å². The summed E-state index contributed by atoms with van der Waals surface area (Å²) >= 11 is 3.31. The first kappa shape index (κ1) is 10.8. The minimum absolute atomic E-state index is 0.0481. The number of rotatable bonds is 2. The normalized spacial score (nSPS) is 10.6. The number of ketones is 1. The molecule has 16 heavy (non-hydrogen) atoms. The fourth-order valence-corrected chi connectivity index (χ4v) is 2.11. The first-order valence-corrected chi connectivity index (χ1v) is 5.21. The highest BCUT2D eigenvalue weighted by Gasteiger charge is 2.19. The molecule has 1 N–H and O–H groups in total. The zero-order valence-electron chi connectivity index (χ0n) is 8.27. The van der Waals surface area contributed by atoms with E-state index in [1.807, 2.05) is 13.0 Å². The number of hydrogen-bond donors (Lipinski definition) is 1. The minimum Gasteiger partial charge on any atom is -0.475 e. The van der Waals surface area contributed by atoms with Gasteiger partial charge in [-0.3, -0.25) is 9.20 Å². The van der Waals surface area contributed by atoms with Gasteiger partial charge in [-0.25, -0.2) is 9.78 Å². The van der Waals surface area contributed by atoms with Crippen LogP contribution in [0.25, 0.3) is 5.65 Å². The Kier molecular flexibility index (Phi) is 2.51. The molecule has 82 valence electrons. The molecule has 0 saturated heterocycles. The minimum atomic E-state index is -1.49. The van der Waals surface area contributed by atoms with Crippen LogP contribution in [0.5, 0.6) is 0 Å². The first-order valence-electron chi connectivity index (χ1n) is 4.41. The average molecular weight is 283 g/mol. The van der Waals surface area contributed by atoms with Crippen LogP contribution in [0.3, 0.4) is 0 Å². The number of aliphatic carboxylic acids is 1. The van der Waals surface area contributed by atoms with E-state index in [0.29, 0.717) is 5.65 Å². The lowest BCUT2D eigenvalue weighted by atomic mass is 10.3. The van der Waals surface area contributed by atoms with Gasteiger partial charge < -0.3 is 5.11 Å². The number of pyridine rings is 1. The molecule has 0 saturated carbocycles. The van der Waals surface area contributed by atoms with Crippen LogP contribution in [0, 0.1) is 6.92 Å². The monoisotopic (exact) mass is 282 g/mol. The summed E-state index contributed by atoms with van der Waals surface area (Å²) in [5, 5.41) is 8.65. The van der Waals surface area contributed by atoms with Crippen molar-refractivity contribution in [2.75, 3.05) is 0 Å². The molecule has 2 aromatic rings. The van der Waals surface area contributed by atoms with Crippen molar-refractivity contribution in [3.63, 3.8) is 0 Å². The number of fused-ring (bicyclic) bond motifs is 1. The third kappa shape index (κ3) is 1.61. The van der Waals surface area contributed by atoms with Crippen LogP contribution >= 0.6 is 15.9 Å². The zero-order valence-corrected chi connectivity index (χ0v) is 9.85. The summed E-state index contributed by atoms with van der Waals surface area (Å²) in [4.78, 5) is 26.0. The molecule has 0 radical (unpaired) electrons. The Morgan fingerprint density at radius 2 is 2.19 bits per heavy atom. The number of Topliss-reactive ketones (excluding diaryl/α,β-unsaturated/α-hetero) is 1. The van der Waals surface area contributed by atoms with Gasteiger partial charge in [0.1, 0.15) is 5.69 Å². The number of carbonyl (C=O) groups excluding carboxylic acids is 1. The van der Waals surface area contributed by atoms with Gasteiger partial charge in [0, 0.05) is 6.20 Å². The van der Waals surface area contributed by atoms with Crippen molar-refractivity contribution in [2.24, 2.45) is 0 Å². The Labute approximate surface area is 98.8 Å². The summed E-state index contributed by atoms with van der Waals surface area (Å²) in [6.07, 6.45) is 2.93. The third-order valence-corrected chi connectivity index (χ3v) is 2.71. The second-order valence-corrected chi connectivity index (χ2v) is 4.19. The lowest BCUT2D eigenvalue weighted by molar-refractivity contribution is -0.131.